The minimum atomic E-state index is -5.13. The topological polar surface area (TPSA) is 78.5 Å². The summed E-state index contributed by atoms with van der Waals surface area (Å²) in [6.07, 6.45) is -5.13. The highest BCUT2D eigenvalue weighted by molar-refractivity contribution is 6.08. The fourth-order valence-corrected chi connectivity index (χ4v) is 1.32. The minimum Gasteiger partial charge on any atom is -0.318 e. The molecule has 4 amide bonds. The number of halogens is 3. The van der Waals surface area contributed by atoms with Gasteiger partial charge in [-0.3, -0.25) is 19.8 Å². The van der Waals surface area contributed by atoms with Crippen LogP contribution in [0.2, 0.25) is 0 Å². The second kappa shape index (κ2) is 4.14. The maximum Gasteiger partial charge on any atom is 0.440 e. The summed E-state index contributed by atoms with van der Waals surface area (Å²) < 4.78 is 38.9. The Labute approximate surface area is 100 Å². The van der Waals surface area contributed by atoms with Crippen LogP contribution in [0.25, 0.3) is 0 Å². The molecule has 1 aliphatic heterocycles. The largest absolute Gasteiger partial charge is 0.440 e. The van der Waals surface area contributed by atoms with Crippen LogP contribution in [-0.4, -0.2) is 41.6 Å². The number of alkyl halides is 3. The number of carbonyl (C=O) groups is 3. The molecule has 1 heterocycles. The Bertz CT molecular complexity index is 408. The number of likely N-dealkylation sites (N-methyl/N-ethyl adjacent to an activating group) is 1. The lowest BCUT2D eigenvalue weighted by molar-refractivity contribution is -0.204. The van der Waals surface area contributed by atoms with Crippen LogP contribution >= 0.6 is 0 Å². The Morgan fingerprint density at radius 3 is 2.17 bits per heavy atom. The van der Waals surface area contributed by atoms with Crippen molar-refractivity contribution >= 4 is 17.8 Å². The maximum atomic E-state index is 13.0. The average Bonchev–Trinajstić information content (AvgIpc) is 2.43. The number of urea groups is 1. The van der Waals surface area contributed by atoms with Crippen LogP contribution in [0, 0.1) is 5.92 Å². The van der Waals surface area contributed by atoms with E-state index in [1.165, 1.54) is 19.2 Å². The number of hydrogen-bond donors (Lipinski definition) is 2. The van der Waals surface area contributed by atoms with E-state index in [0.717, 1.165) is 7.05 Å². The van der Waals surface area contributed by atoms with Crippen LogP contribution < -0.4 is 10.6 Å². The number of rotatable bonds is 2. The number of carbonyl (C=O) groups excluding carboxylic acids is 3. The van der Waals surface area contributed by atoms with E-state index in [0.29, 0.717) is 0 Å². The molecule has 18 heavy (non-hydrogen) atoms. The van der Waals surface area contributed by atoms with Gasteiger partial charge in [0.05, 0.1) is 0 Å². The van der Waals surface area contributed by atoms with Gasteiger partial charge in [-0.2, -0.15) is 13.2 Å². The Morgan fingerprint density at radius 2 is 1.89 bits per heavy atom. The van der Waals surface area contributed by atoms with E-state index in [4.69, 9.17) is 0 Å². The van der Waals surface area contributed by atoms with Crippen LogP contribution in [0.15, 0.2) is 0 Å². The Balaban J connectivity index is 3.18. The molecule has 0 aromatic heterocycles. The SMILES string of the molecule is CC(C)C(=O)N[C@]1(C(F)(F)F)NC(=O)N(C)C1=O. The van der Waals surface area contributed by atoms with E-state index in [2.05, 4.69) is 0 Å². The molecule has 1 rings (SSSR count). The molecule has 0 radical (unpaired) electrons. The summed E-state index contributed by atoms with van der Waals surface area (Å²) in [6.45, 7) is 2.73. The molecule has 0 aromatic rings. The van der Waals surface area contributed by atoms with Gasteiger partial charge in [0.25, 0.3) is 11.6 Å². The van der Waals surface area contributed by atoms with Crippen molar-refractivity contribution in [3.05, 3.63) is 0 Å². The number of hydrogen-bond acceptors (Lipinski definition) is 3. The molecular weight excluding hydrogens is 255 g/mol. The fraction of sp³-hybridized carbons (Fsp3) is 0.667. The standard InChI is InChI=1S/C9H12F3N3O3/c1-4(2)5(16)13-8(9(10,11)12)6(17)15(3)7(18)14-8/h4H,1-3H3,(H,13,16)(H,14,18)/t8-/m0/s1. The Morgan fingerprint density at radius 1 is 1.39 bits per heavy atom. The van der Waals surface area contributed by atoms with Gasteiger partial charge in [-0.05, 0) is 0 Å². The zero-order valence-electron chi connectivity index (χ0n) is 9.88. The number of nitrogens with one attached hydrogen (secondary N) is 2. The molecule has 0 spiro atoms. The third kappa shape index (κ3) is 2.00. The molecule has 1 fully saturated rings. The third-order valence-corrected chi connectivity index (χ3v) is 2.48. The summed E-state index contributed by atoms with van der Waals surface area (Å²) >= 11 is 0. The summed E-state index contributed by atoms with van der Waals surface area (Å²) in [5.41, 5.74) is -3.37. The monoisotopic (exact) mass is 267 g/mol. The van der Waals surface area contributed by atoms with Gasteiger partial charge < -0.3 is 5.32 Å². The third-order valence-electron chi connectivity index (χ3n) is 2.48. The first kappa shape index (κ1) is 14.3. The van der Waals surface area contributed by atoms with Crippen LogP contribution in [-0.2, 0) is 9.59 Å². The van der Waals surface area contributed by atoms with Crippen molar-refractivity contribution in [3.63, 3.8) is 0 Å². The first-order chi connectivity index (χ1) is 8.03. The van der Waals surface area contributed by atoms with Crippen molar-refractivity contribution < 1.29 is 27.6 Å². The van der Waals surface area contributed by atoms with E-state index in [1.807, 2.05) is 0 Å². The molecule has 0 aromatic carbocycles. The van der Waals surface area contributed by atoms with Gasteiger partial charge in [0.1, 0.15) is 0 Å². The minimum absolute atomic E-state index is 0.272. The van der Waals surface area contributed by atoms with Gasteiger partial charge in [-0.15, -0.1) is 0 Å². The zero-order chi connectivity index (χ0) is 14.3. The predicted molar refractivity (Wildman–Crippen MR) is 53.1 cm³/mol. The molecule has 1 saturated heterocycles. The van der Waals surface area contributed by atoms with Crippen LogP contribution in [0.3, 0.4) is 0 Å². The molecule has 0 aliphatic carbocycles. The van der Waals surface area contributed by atoms with E-state index < -0.39 is 35.6 Å². The molecule has 1 aliphatic rings. The fourth-order valence-electron chi connectivity index (χ4n) is 1.32. The quantitative estimate of drug-likeness (QED) is 0.701. The molecule has 0 bridgehead atoms. The van der Waals surface area contributed by atoms with Gasteiger partial charge in [0.2, 0.25) is 5.91 Å². The molecule has 0 saturated carbocycles. The highest BCUT2D eigenvalue weighted by Gasteiger charge is 2.68. The summed E-state index contributed by atoms with van der Waals surface area (Å²) in [5, 5.41) is 3.03. The van der Waals surface area contributed by atoms with Gasteiger partial charge in [-0.1, -0.05) is 13.8 Å². The lowest BCUT2D eigenvalue weighted by Crippen LogP contribution is -2.70. The smallest absolute Gasteiger partial charge is 0.318 e. The lowest BCUT2D eigenvalue weighted by Gasteiger charge is -2.30. The molecule has 2 N–H and O–H groups in total. The van der Waals surface area contributed by atoms with Gasteiger partial charge in [0, 0.05) is 13.0 Å². The molecule has 6 nitrogen and oxygen atoms in total. The predicted octanol–water partition coefficient (Wildman–Crippen LogP) is 0.199. The zero-order valence-corrected chi connectivity index (χ0v) is 9.88. The number of amides is 4. The lowest BCUT2D eigenvalue weighted by atomic mass is 10.1. The second-order valence-electron chi connectivity index (χ2n) is 4.19. The van der Waals surface area contributed by atoms with Crippen molar-refractivity contribution in [3.8, 4) is 0 Å². The first-order valence-electron chi connectivity index (χ1n) is 5.02. The van der Waals surface area contributed by atoms with Crippen molar-refractivity contribution in [2.75, 3.05) is 7.05 Å². The normalized spacial score (nSPS) is 24.5. The molecule has 0 unspecified atom stereocenters. The van der Waals surface area contributed by atoms with Crippen molar-refractivity contribution in [2.24, 2.45) is 5.92 Å². The summed E-state index contributed by atoms with van der Waals surface area (Å²) in [5.74, 6) is -3.31. The highest BCUT2D eigenvalue weighted by atomic mass is 19.4. The molecular formula is C9H12F3N3O3. The second-order valence-corrected chi connectivity index (χ2v) is 4.19. The van der Waals surface area contributed by atoms with E-state index in [1.54, 1.807) is 5.32 Å². The van der Waals surface area contributed by atoms with Gasteiger partial charge in [-0.25, -0.2) is 4.79 Å². The summed E-state index contributed by atoms with van der Waals surface area (Å²) in [7, 11) is 0.896. The van der Waals surface area contributed by atoms with Crippen LogP contribution in [0.4, 0.5) is 18.0 Å². The highest BCUT2D eigenvalue weighted by Crippen LogP contribution is 2.33. The maximum absolute atomic E-state index is 13.0. The van der Waals surface area contributed by atoms with Crippen molar-refractivity contribution in [1.82, 2.24) is 15.5 Å². The van der Waals surface area contributed by atoms with Gasteiger partial charge >= 0.3 is 12.2 Å². The Hall–Kier alpha value is -1.80. The first-order valence-corrected chi connectivity index (χ1v) is 5.02. The van der Waals surface area contributed by atoms with E-state index in [9.17, 15) is 27.6 Å². The number of imide groups is 1. The van der Waals surface area contributed by atoms with Crippen LogP contribution in [0.5, 0.6) is 0 Å². The van der Waals surface area contributed by atoms with E-state index in [-0.39, 0.29) is 4.90 Å². The molecule has 102 valence electrons. The summed E-state index contributed by atoms with van der Waals surface area (Å²) in [6, 6.07) is -1.22. The van der Waals surface area contributed by atoms with Crippen molar-refractivity contribution in [1.29, 1.82) is 0 Å². The van der Waals surface area contributed by atoms with Crippen molar-refractivity contribution in [2.45, 2.75) is 25.7 Å². The number of nitrogens with zero attached hydrogens (tertiary/aromatic N) is 1. The summed E-state index contributed by atoms with van der Waals surface area (Å²) in [4.78, 5) is 34.3. The molecule has 1 atom stereocenters. The Kier molecular flexibility index (Phi) is 3.28. The van der Waals surface area contributed by atoms with Crippen LogP contribution in [0.1, 0.15) is 13.8 Å². The van der Waals surface area contributed by atoms with Gasteiger partial charge in [0.15, 0.2) is 0 Å². The van der Waals surface area contributed by atoms with E-state index >= 15 is 0 Å². The molecule has 9 heteroatoms. The average molecular weight is 267 g/mol.